The summed E-state index contributed by atoms with van der Waals surface area (Å²) in [4.78, 5) is 0. The predicted octanol–water partition coefficient (Wildman–Crippen LogP) is 6.40. The largest absolute Gasteiger partial charge is 0.504 e. The highest BCUT2D eigenvalue weighted by atomic mass is 19.2. The van der Waals surface area contributed by atoms with Gasteiger partial charge in [-0.3, -0.25) is 0 Å². The minimum atomic E-state index is -1.33. The first-order valence-corrected chi connectivity index (χ1v) is 9.45. The summed E-state index contributed by atoms with van der Waals surface area (Å²) in [5.74, 6) is -3.76. The van der Waals surface area contributed by atoms with Crippen molar-refractivity contribution in [2.45, 2.75) is 90.9 Å². The third-order valence-corrected chi connectivity index (χ3v) is 4.60. The normalized spacial score (nSPS) is 11.2. The Labute approximate surface area is 144 Å². The first-order valence-electron chi connectivity index (χ1n) is 9.45. The molecular weight excluding hydrogens is 310 g/mol. The highest BCUT2D eigenvalue weighted by Crippen LogP contribution is 2.38. The topological polar surface area (TPSA) is 40.5 Å². The second-order valence-electron chi connectivity index (χ2n) is 6.61. The van der Waals surface area contributed by atoms with E-state index >= 15 is 0 Å². The fourth-order valence-electron chi connectivity index (χ4n) is 3.10. The molecule has 0 amide bonds. The summed E-state index contributed by atoms with van der Waals surface area (Å²) in [7, 11) is 0. The van der Waals surface area contributed by atoms with Crippen LogP contribution in [0.25, 0.3) is 0 Å². The standard InChI is InChI=1S/C20H32F2O2/c1-3-5-7-9-11-13-15-16(14-12-10-8-6-4-2)19(23)20(24)18(22)17(15)21/h23-24H,3-14H2,1-2H3. The van der Waals surface area contributed by atoms with Crippen molar-refractivity contribution in [1.82, 2.24) is 0 Å². The molecule has 138 valence electrons. The lowest BCUT2D eigenvalue weighted by atomic mass is 9.94. The number of rotatable bonds is 12. The van der Waals surface area contributed by atoms with Crippen LogP contribution in [0.4, 0.5) is 8.78 Å². The number of unbranched alkanes of at least 4 members (excludes halogenated alkanes) is 8. The number of hydrogen-bond donors (Lipinski definition) is 2. The van der Waals surface area contributed by atoms with Crippen molar-refractivity contribution in [2.75, 3.05) is 0 Å². The number of hydrogen-bond acceptors (Lipinski definition) is 2. The van der Waals surface area contributed by atoms with Crippen LogP contribution in [0, 0.1) is 11.6 Å². The average molecular weight is 342 g/mol. The van der Waals surface area contributed by atoms with E-state index in [4.69, 9.17) is 0 Å². The van der Waals surface area contributed by atoms with Crippen LogP contribution in [0.15, 0.2) is 0 Å². The van der Waals surface area contributed by atoms with Gasteiger partial charge in [0.1, 0.15) is 0 Å². The van der Waals surface area contributed by atoms with Crippen molar-refractivity contribution >= 4 is 0 Å². The summed E-state index contributed by atoms with van der Waals surface area (Å²) in [5.41, 5.74) is 0.633. The van der Waals surface area contributed by atoms with Crippen molar-refractivity contribution in [3.63, 3.8) is 0 Å². The van der Waals surface area contributed by atoms with Gasteiger partial charge in [-0.2, -0.15) is 4.39 Å². The van der Waals surface area contributed by atoms with Gasteiger partial charge in [0.2, 0.25) is 5.82 Å². The van der Waals surface area contributed by atoms with Crippen molar-refractivity contribution < 1.29 is 19.0 Å². The molecule has 0 aliphatic carbocycles. The van der Waals surface area contributed by atoms with Gasteiger partial charge in [-0.1, -0.05) is 65.2 Å². The zero-order valence-electron chi connectivity index (χ0n) is 15.1. The maximum atomic E-state index is 14.3. The molecule has 0 heterocycles. The van der Waals surface area contributed by atoms with Crippen LogP contribution in [-0.4, -0.2) is 10.2 Å². The van der Waals surface area contributed by atoms with Gasteiger partial charge in [0.25, 0.3) is 0 Å². The monoisotopic (exact) mass is 342 g/mol. The van der Waals surface area contributed by atoms with Crippen LogP contribution in [-0.2, 0) is 12.8 Å². The number of phenols is 2. The number of benzene rings is 1. The number of phenolic OH excluding ortho intramolecular Hbond substituents is 2. The summed E-state index contributed by atoms with van der Waals surface area (Å²) in [6.07, 6.45) is 11.2. The highest BCUT2D eigenvalue weighted by molar-refractivity contribution is 5.51. The third-order valence-electron chi connectivity index (χ3n) is 4.60. The Morgan fingerprint density at radius 1 is 0.583 bits per heavy atom. The fraction of sp³-hybridized carbons (Fsp3) is 0.700. The lowest BCUT2D eigenvalue weighted by Crippen LogP contribution is -2.04. The van der Waals surface area contributed by atoms with Crippen LogP contribution in [0.5, 0.6) is 11.5 Å². The number of halogens is 2. The Balaban J connectivity index is 2.80. The van der Waals surface area contributed by atoms with Gasteiger partial charge in [-0.25, -0.2) is 4.39 Å². The zero-order chi connectivity index (χ0) is 17.9. The van der Waals surface area contributed by atoms with Crippen LogP contribution < -0.4 is 0 Å². The van der Waals surface area contributed by atoms with Crippen molar-refractivity contribution in [1.29, 1.82) is 0 Å². The van der Waals surface area contributed by atoms with Crippen LogP contribution in [0.1, 0.15) is 89.2 Å². The van der Waals surface area contributed by atoms with Gasteiger partial charge >= 0.3 is 0 Å². The first-order chi connectivity index (χ1) is 11.5. The molecule has 0 saturated heterocycles. The molecule has 0 bridgehead atoms. The Morgan fingerprint density at radius 3 is 1.54 bits per heavy atom. The third kappa shape index (κ3) is 5.95. The molecule has 0 aliphatic heterocycles. The van der Waals surface area contributed by atoms with E-state index in [1.54, 1.807) is 0 Å². The van der Waals surface area contributed by atoms with Gasteiger partial charge in [0.05, 0.1) is 0 Å². The predicted molar refractivity (Wildman–Crippen MR) is 94.6 cm³/mol. The zero-order valence-corrected chi connectivity index (χ0v) is 15.1. The van der Waals surface area contributed by atoms with E-state index in [1.807, 2.05) is 0 Å². The molecule has 24 heavy (non-hydrogen) atoms. The molecule has 0 aromatic heterocycles. The van der Waals surface area contributed by atoms with Gasteiger partial charge in [-0.15, -0.1) is 0 Å². The van der Waals surface area contributed by atoms with E-state index in [0.717, 1.165) is 64.2 Å². The van der Waals surface area contributed by atoms with Crippen LogP contribution >= 0.6 is 0 Å². The van der Waals surface area contributed by atoms with Gasteiger partial charge in [0, 0.05) is 5.56 Å². The maximum absolute atomic E-state index is 14.3. The van der Waals surface area contributed by atoms with E-state index < -0.39 is 23.1 Å². The Bertz CT molecular complexity index is 456. The van der Waals surface area contributed by atoms with Crippen LogP contribution in [0.3, 0.4) is 0 Å². The average Bonchev–Trinajstić information content (AvgIpc) is 2.58. The maximum Gasteiger partial charge on any atom is 0.204 e. The smallest absolute Gasteiger partial charge is 0.204 e. The molecule has 1 aromatic rings. The molecule has 1 rings (SSSR count). The molecule has 0 fully saturated rings. The van der Waals surface area contributed by atoms with E-state index in [2.05, 4.69) is 13.8 Å². The summed E-state index contributed by atoms with van der Waals surface area (Å²) in [6.45, 7) is 4.26. The van der Waals surface area contributed by atoms with Gasteiger partial charge < -0.3 is 10.2 Å². The molecule has 0 unspecified atom stereocenters. The molecule has 0 spiro atoms. The SMILES string of the molecule is CCCCCCCc1c(O)c(O)c(F)c(F)c1CCCCCCC. The Kier molecular flexibility index (Phi) is 9.73. The fourth-order valence-corrected chi connectivity index (χ4v) is 3.10. The molecule has 0 radical (unpaired) electrons. The molecular formula is C20H32F2O2. The second kappa shape index (κ2) is 11.3. The second-order valence-corrected chi connectivity index (χ2v) is 6.61. The lowest BCUT2D eigenvalue weighted by molar-refractivity contribution is 0.356. The molecule has 0 atom stereocenters. The molecule has 4 heteroatoms. The lowest BCUT2D eigenvalue weighted by Gasteiger charge is -2.15. The quantitative estimate of drug-likeness (QED) is 0.341. The molecule has 2 N–H and O–H groups in total. The summed E-state index contributed by atoms with van der Waals surface area (Å²) in [6, 6.07) is 0. The summed E-state index contributed by atoms with van der Waals surface area (Å²) < 4.78 is 28.0. The highest BCUT2D eigenvalue weighted by Gasteiger charge is 2.23. The van der Waals surface area contributed by atoms with Crippen LogP contribution in [0.2, 0.25) is 0 Å². The van der Waals surface area contributed by atoms with Crippen molar-refractivity contribution in [3.05, 3.63) is 22.8 Å². The Hall–Kier alpha value is -1.32. The summed E-state index contributed by atoms with van der Waals surface area (Å²) >= 11 is 0. The van der Waals surface area contributed by atoms with Gasteiger partial charge in [-0.05, 0) is 31.2 Å². The summed E-state index contributed by atoms with van der Waals surface area (Å²) in [5, 5.41) is 19.7. The Morgan fingerprint density at radius 2 is 1.04 bits per heavy atom. The first kappa shape index (κ1) is 20.7. The van der Waals surface area contributed by atoms with Gasteiger partial charge in [0.15, 0.2) is 17.3 Å². The van der Waals surface area contributed by atoms with E-state index in [0.29, 0.717) is 18.4 Å². The minimum Gasteiger partial charge on any atom is -0.504 e. The molecule has 0 aliphatic rings. The molecule has 0 saturated carbocycles. The minimum absolute atomic E-state index is 0.245. The number of aromatic hydroxyl groups is 2. The van der Waals surface area contributed by atoms with E-state index in [-0.39, 0.29) is 5.56 Å². The van der Waals surface area contributed by atoms with E-state index in [9.17, 15) is 19.0 Å². The molecule has 2 nitrogen and oxygen atoms in total. The van der Waals surface area contributed by atoms with Crippen molar-refractivity contribution in [3.8, 4) is 11.5 Å². The molecule has 1 aromatic carbocycles. The van der Waals surface area contributed by atoms with E-state index in [1.165, 1.54) is 0 Å². The van der Waals surface area contributed by atoms with Crippen molar-refractivity contribution in [2.24, 2.45) is 0 Å².